The van der Waals surface area contributed by atoms with Crippen LogP contribution < -0.4 is 10.1 Å². The monoisotopic (exact) mass is 287 g/mol. The van der Waals surface area contributed by atoms with E-state index in [1.807, 2.05) is 12.1 Å². The van der Waals surface area contributed by atoms with E-state index in [1.165, 1.54) is 6.42 Å². The van der Waals surface area contributed by atoms with Crippen LogP contribution in [0.3, 0.4) is 0 Å². The quantitative estimate of drug-likeness (QED) is 0.896. The number of nitrogens with one attached hydrogen (secondary N) is 1. The molecule has 3 atom stereocenters. The molecule has 1 aromatic rings. The van der Waals surface area contributed by atoms with Gasteiger partial charge in [0.25, 0.3) is 5.91 Å². The van der Waals surface area contributed by atoms with E-state index in [0.717, 1.165) is 24.2 Å². The zero-order valence-corrected chi connectivity index (χ0v) is 13.4. The molecule has 3 nitrogen and oxygen atoms in total. The summed E-state index contributed by atoms with van der Waals surface area (Å²) in [5.74, 6) is 1.14. The van der Waals surface area contributed by atoms with Gasteiger partial charge in [-0.15, -0.1) is 0 Å². The molecule has 1 N–H and O–H groups in total. The van der Waals surface area contributed by atoms with Crippen LogP contribution in [0.1, 0.15) is 68.8 Å². The van der Waals surface area contributed by atoms with Crippen LogP contribution in [-0.4, -0.2) is 18.1 Å². The highest BCUT2D eigenvalue weighted by atomic mass is 16.5. The third kappa shape index (κ3) is 2.66. The molecule has 1 fully saturated rings. The second-order valence-corrected chi connectivity index (χ2v) is 7.41. The smallest absolute Gasteiger partial charge is 0.255 e. The average molecular weight is 287 g/mol. The van der Waals surface area contributed by atoms with Crippen molar-refractivity contribution in [2.45, 2.75) is 65.0 Å². The Morgan fingerprint density at radius 2 is 2.10 bits per heavy atom. The Bertz CT molecular complexity index is 564. The first-order valence-corrected chi connectivity index (χ1v) is 7.98. The highest BCUT2D eigenvalue weighted by Gasteiger charge is 2.34. The number of hydrogen-bond acceptors (Lipinski definition) is 2. The van der Waals surface area contributed by atoms with Crippen molar-refractivity contribution in [2.75, 3.05) is 0 Å². The SMILES string of the molecule is CC1Oc2c(C(=O)NC3CCC(C)(C)C3)cccc2C1C. The summed E-state index contributed by atoms with van der Waals surface area (Å²) in [6.07, 6.45) is 3.44. The summed E-state index contributed by atoms with van der Waals surface area (Å²) in [5, 5.41) is 3.19. The molecule has 3 heteroatoms. The summed E-state index contributed by atoms with van der Waals surface area (Å²) in [4.78, 5) is 12.6. The Labute approximate surface area is 127 Å². The number of hydrogen-bond donors (Lipinski definition) is 1. The minimum atomic E-state index is 0.0100. The van der Waals surface area contributed by atoms with Gasteiger partial charge in [0.05, 0.1) is 5.56 Å². The van der Waals surface area contributed by atoms with Gasteiger partial charge in [0, 0.05) is 17.5 Å². The van der Waals surface area contributed by atoms with Crippen LogP contribution in [0.2, 0.25) is 0 Å². The maximum absolute atomic E-state index is 12.6. The molecule has 0 saturated heterocycles. The van der Waals surface area contributed by atoms with Gasteiger partial charge in [0.15, 0.2) is 0 Å². The van der Waals surface area contributed by atoms with Gasteiger partial charge in [-0.2, -0.15) is 0 Å². The van der Waals surface area contributed by atoms with Crippen molar-refractivity contribution >= 4 is 5.91 Å². The minimum Gasteiger partial charge on any atom is -0.489 e. The van der Waals surface area contributed by atoms with Gasteiger partial charge in [-0.05, 0) is 37.7 Å². The lowest BCUT2D eigenvalue weighted by Gasteiger charge is -2.18. The predicted octanol–water partition coefficient (Wildman–Crippen LogP) is 3.88. The van der Waals surface area contributed by atoms with E-state index >= 15 is 0 Å². The number of fused-ring (bicyclic) bond motifs is 1. The fourth-order valence-electron chi connectivity index (χ4n) is 3.59. The lowest BCUT2D eigenvalue weighted by atomic mass is 9.92. The van der Waals surface area contributed by atoms with Crippen molar-refractivity contribution in [1.29, 1.82) is 0 Å². The third-order valence-corrected chi connectivity index (χ3v) is 5.09. The van der Waals surface area contributed by atoms with Crippen molar-refractivity contribution in [3.8, 4) is 5.75 Å². The first-order valence-electron chi connectivity index (χ1n) is 7.98. The van der Waals surface area contributed by atoms with Crippen LogP contribution in [-0.2, 0) is 0 Å². The van der Waals surface area contributed by atoms with Gasteiger partial charge < -0.3 is 10.1 Å². The van der Waals surface area contributed by atoms with Crippen LogP contribution in [0.4, 0.5) is 0 Å². The molecule has 2 aliphatic rings. The predicted molar refractivity (Wildman–Crippen MR) is 83.8 cm³/mol. The van der Waals surface area contributed by atoms with Crippen molar-refractivity contribution in [3.05, 3.63) is 29.3 Å². The summed E-state index contributed by atoms with van der Waals surface area (Å²) in [6, 6.07) is 6.20. The van der Waals surface area contributed by atoms with E-state index in [9.17, 15) is 4.79 Å². The normalized spacial score (nSPS) is 29.8. The highest BCUT2D eigenvalue weighted by molar-refractivity contribution is 5.97. The van der Waals surface area contributed by atoms with E-state index in [4.69, 9.17) is 4.74 Å². The number of carbonyl (C=O) groups excluding carboxylic acids is 1. The Kier molecular flexibility index (Phi) is 3.46. The van der Waals surface area contributed by atoms with Crippen LogP contribution in [0.25, 0.3) is 0 Å². The maximum atomic E-state index is 12.6. The van der Waals surface area contributed by atoms with E-state index in [-0.39, 0.29) is 12.0 Å². The minimum absolute atomic E-state index is 0.0100. The molecule has 0 bridgehead atoms. The van der Waals surface area contributed by atoms with Crippen LogP contribution in [0.15, 0.2) is 18.2 Å². The number of amides is 1. The Hall–Kier alpha value is -1.51. The van der Waals surface area contributed by atoms with E-state index in [1.54, 1.807) is 0 Å². The van der Waals surface area contributed by atoms with Gasteiger partial charge in [-0.1, -0.05) is 32.9 Å². The second-order valence-electron chi connectivity index (χ2n) is 7.41. The summed E-state index contributed by atoms with van der Waals surface area (Å²) in [7, 11) is 0. The number of para-hydroxylation sites is 1. The van der Waals surface area contributed by atoms with Crippen LogP contribution >= 0.6 is 0 Å². The molecule has 3 rings (SSSR count). The van der Waals surface area contributed by atoms with Crippen molar-refractivity contribution in [1.82, 2.24) is 5.32 Å². The molecule has 21 heavy (non-hydrogen) atoms. The van der Waals surface area contributed by atoms with E-state index in [0.29, 0.717) is 22.9 Å². The molecular weight excluding hydrogens is 262 g/mol. The molecular formula is C18H25NO2. The number of benzene rings is 1. The molecule has 1 aromatic carbocycles. The molecule has 1 heterocycles. The summed E-state index contributed by atoms with van der Waals surface area (Å²) >= 11 is 0. The molecule has 114 valence electrons. The Morgan fingerprint density at radius 3 is 2.76 bits per heavy atom. The van der Waals surface area contributed by atoms with Crippen molar-refractivity contribution < 1.29 is 9.53 Å². The first kappa shape index (κ1) is 14.4. The lowest BCUT2D eigenvalue weighted by Crippen LogP contribution is -2.33. The Balaban J connectivity index is 1.78. The Morgan fingerprint density at radius 1 is 1.33 bits per heavy atom. The number of rotatable bonds is 2. The van der Waals surface area contributed by atoms with Crippen LogP contribution in [0.5, 0.6) is 5.75 Å². The van der Waals surface area contributed by atoms with Crippen molar-refractivity contribution in [2.24, 2.45) is 5.41 Å². The largest absolute Gasteiger partial charge is 0.489 e. The van der Waals surface area contributed by atoms with E-state index < -0.39 is 0 Å². The number of carbonyl (C=O) groups is 1. The fraction of sp³-hybridized carbons (Fsp3) is 0.611. The molecule has 0 radical (unpaired) electrons. The molecule has 1 aliphatic heterocycles. The molecule has 0 spiro atoms. The highest BCUT2D eigenvalue weighted by Crippen LogP contribution is 2.41. The van der Waals surface area contributed by atoms with Gasteiger partial charge >= 0.3 is 0 Å². The molecule has 0 aromatic heterocycles. The number of ether oxygens (including phenoxy) is 1. The zero-order chi connectivity index (χ0) is 15.2. The summed E-state index contributed by atoms with van der Waals surface area (Å²) in [6.45, 7) is 8.75. The molecule has 1 aliphatic carbocycles. The summed E-state index contributed by atoms with van der Waals surface area (Å²) < 4.78 is 5.92. The maximum Gasteiger partial charge on any atom is 0.255 e. The van der Waals surface area contributed by atoms with Gasteiger partial charge in [-0.3, -0.25) is 4.79 Å². The topological polar surface area (TPSA) is 38.3 Å². The molecule has 1 saturated carbocycles. The second kappa shape index (κ2) is 5.04. The van der Waals surface area contributed by atoms with Gasteiger partial charge in [0.1, 0.15) is 11.9 Å². The van der Waals surface area contributed by atoms with Crippen molar-refractivity contribution in [3.63, 3.8) is 0 Å². The standard InChI is InChI=1S/C18H25NO2/c1-11-12(2)21-16-14(11)6-5-7-15(16)17(20)19-13-8-9-18(3,4)10-13/h5-7,11-13H,8-10H2,1-4H3,(H,19,20). The third-order valence-electron chi connectivity index (χ3n) is 5.09. The lowest BCUT2D eigenvalue weighted by molar-refractivity contribution is 0.0931. The fourth-order valence-corrected chi connectivity index (χ4v) is 3.59. The first-order chi connectivity index (χ1) is 9.87. The average Bonchev–Trinajstić information content (AvgIpc) is 2.90. The molecule has 1 amide bonds. The zero-order valence-electron chi connectivity index (χ0n) is 13.4. The van der Waals surface area contributed by atoms with Crippen LogP contribution in [0, 0.1) is 5.41 Å². The van der Waals surface area contributed by atoms with E-state index in [2.05, 4.69) is 39.1 Å². The molecule has 3 unspecified atom stereocenters. The van der Waals surface area contributed by atoms with Gasteiger partial charge in [-0.25, -0.2) is 0 Å². The summed E-state index contributed by atoms with van der Waals surface area (Å²) in [5.41, 5.74) is 2.19. The van der Waals surface area contributed by atoms with Gasteiger partial charge in [0.2, 0.25) is 0 Å².